The molecule has 92 valence electrons. The van der Waals surface area contributed by atoms with Gasteiger partial charge in [-0.1, -0.05) is 19.9 Å². The molecule has 2 rings (SSSR count). The molecule has 0 bridgehead atoms. The second-order valence-electron chi connectivity index (χ2n) is 3.88. The van der Waals surface area contributed by atoms with Crippen molar-refractivity contribution in [3.05, 3.63) is 34.0 Å². The first-order valence-corrected chi connectivity index (χ1v) is 6.32. The minimum absolute atomic E-state index is 0.133. The number of anilines is 1. The lowest BCUT2D eigenvalue weighted by Gasteiger charge is -1.96. The first-order valence-electron chi connectivity index (χ1n) is 5.44. The number of nitrogens with one attached hydrogen (secondary N) is 1. The molecule has 2 aromatic rings. The summed E-state index contributed by atoms with van der Waals surface area (Å²) in [7, 11) is 0. The van der Waals surface area contributed by atoms with Crippen LogP contribution in [0.1, 0.15) is 36.2 Å². The Morgan fingerprint density at radius 3 is 3.06 bits per heavy atom. The third-order valence-electron chi connectivity index (χ3n) is 2.14. The largest absolute Gasteiger partial charge is 0.422 e. The van der Waals surface area contributed by atoms with E-state index in [2.05, 4.69) is 15.5 Å². The van der Waals surface area contributed by atoms with Crippen LogP contribution in [-0.2, 0) is 0 Å². The van der Waals surface area contributed by atoms with Crippen LogP contribution in [-0.4, -0.2) is 11.2 Å². The van der Waals surface area contributed by atoms with E-state index in [-0.39, 0.29) is 17.5 Å². The summed E-state index contributed by atoms with van der Waals surface area (Å²) in [4.78, 5) is 5.10. The normalized spacial score (nSPS) is 11.0. The molecule has 5 nitrogen and oxygen atoms in total. The monoisotopic (exact) mass is 260 g/mol. The van der Waals surface area contributed by atoms with Gasteiger partial charge in [0.05, 0.1) is 6.21 Å². The van der Waals surface area contributed by atoms with Crippen molar-refractivity contribution in [2.24, 2.45) is 5.10 Å². The van der Waals surface area contributed by atoms with Crippen LogP contribution in [0.4, 0.5) is 5.88 Å². The van der Waals surface area contributed by atoms with Crippen molar-refractivity contribution in [3.8, 4) is 6.07 Å². The van der Waals surface area contributed by atoms with E-state index in [1.807, 2.05) is 37.4 Å². The Kier molecular flexibility index (Phi) is 3.75. The van der Waals surface area contributed by atoms with Crippen molar-refractivity contribution >= 4 is 23.4 Å². The standard InChI is InChI=1S/C12H12N4OS/c1-8(2)11-15-10(6-13)12(17-11)16-14-7-9-4-3-5-18-9/h3-5,7-8,16H,1-2H3/b14-7+. The number of thiophene rings is 1. The maximum Gasteiger partial charge on any atom is 0.252 e. The van der Waals surface area contributed by atoms with E-state index in [0.717, 1.165) is 4.88 Å². The summed E-state index contributed by atoms with van der Waals surface area (Å²) in [6.07, 6.45) is 1.67. The van der Waals surface area contributed by atoms with Crippen LogP contribution in [0.5, 0.6) is 0 Å². The Bertz CT molecular complexity index is 578. The first kappa shape index (κ1) is 12.3. The number of hydrazone groups is 1. The fourth-order valence-corrected chi connectivity index (χ4v) is 1.84. The molecule has 0 atom stereocenters. The van der Waals surface area contributed by atoms with Gasteiger partial charge in [-0.05, 0) is 11.4 Å². The number of aromatic nitrogens is 1. The van der Waals surface area contributed by atoms with E-state index in [4.69, 9.17) is 9.68 Å². The zero-order valence-corrected chi connectivity index (χ0v) is 10.9. The van der Waals surface area contributed by atoms with Crippen molar-refractivity contribution in [1.82, 2.24) is 4.98 Å². The van der Waals surface area contributed by atoms with Crippen molar-refractivity contribution in [3.63, 3.8) is 0 Å². The molecule has 0 aliphatic heterocycles. The molecule has 0 aromatic carbocycles. The number of oxazole rings is 1. The summed E-state index contributed by atoms with van der Waals surface area (Å²) in [5.41, 5.74) is 2.93. The van der Waals surface area contributed by atoms with Gasteiger partial charge in [0.2, 0.25) is 11.6 Å². The van der Waals surface area contributed by atoms with Gasteiger partial charge < -0.3 is 4.42 Å². The second kappa shape index (κ2) is 5.47. The molecule has 2 heterocycles. The summed E-state index contributed by atoms with van der Waals surface area (Å²) >= 11 is 1.58. The first-order chi connectivity index (χ1) is 8.70. The molecule has 0 fully saturated rings. The highest BCUT2D eigenvalue weighted by atomic mass is 32.1. The number of nitriles is 1. The average Bonchev–Trinajstić information content (AvgIpc) is 2.97. The minimum atomic E-state index is 0.133. The smallest absolute Gasteiger partial charge is 0.252 e. The summed E-state index contributed by atoms with van der Waals surface area (Å²) in [5.74, 6) is 0.948. The molecule has 0 radical (unpaired) electrons. The number of nitrogens with zero attached hydrogens (tertiary/aromatic N) is 3. The third-order valence-corrected chi connectivity index (χ3v) is 2.95. The number of rotatable bonds is 4. The van der Waals surface area contributed by atoms with E-state index in [0.29, 0.717) is 5.89 Å². The Hall–Kier alpha value is -2.13. The molecule has 0 aliphatic rings. The topological polar surface area (TPSA) is 74.2 Å². The third kappa shape index (κ3) is 2.76. The van der Waals surface area contributed by atoms with Gasteiger partial charge in [-0.2, -0.15) is 10.4 Å². The molecule has 0 unspecified atom stereocenters. The van der Waals surface area contributed by atoms with Crippen molar-refractivity contribution in [2.45, 2.75) is 19.8 Å². The Balaban J connectivity index is 2.12. The van der Waals surface area contributed by atoms with Gasteiger partial charge in [-0.15, -0.1) is 11.3 Å². The average molecular weight is 260 g/mol. The minimum Gasteiger partial charge on any atom is -0.422 e. The van der Waals surface area contributed by atoms with Gasteiger partial charge in [0, 0.05) is 10.8 Å². The fraction of sp³-hybridized carbons (Fsp3) is 0.250. The summed E-state index contributed by atoms with van der Waals surface area (Å²) < 4.78 is 5.43. The van der Waals surface area contributed by atoms with Gasteiger partial charge in [-0.3, -0.25) is 0 Å². The second-order valence-corrected chi connectivity index (χ2v) is 4.86. The highest BCUT2D eigenvalue weighted by molar-refractivity contribution is 7.11. The summed E-state index contributed by atoms with van der Waals surface area (Å²) in [6, 6.07) is 5.86. The summed E-state index contributed by atoms with van der Waals surface area (Å²) in [6.45, 7) is 3.90. The molecule has 18 heavy (non-hydrogen) atoms. The van der Waals surface area contributed by atoms with Crippen LogP contribution in [0.3, 0.4) is 0 Å². The molecule has 0 amide bonds. The molecule has 6 heteroatoms. The molecular weight excluding hydrogens is 248 g/mol. The van der Waals surface area contributed by atoms with Crippen LogP contribution in [0.2, 0.25) is 0 Å². The molecule has 0 saturated heterocycles. The Morgan fingerprint density at radius 1 is 1.61 bits per heavy atom. The van der Waals surface area contributed by atoms with Crippen LogP contribution in [0.15, 0.2) is 27.0 Å². The molecule has 1 N–H and O–H groups in total. The summed E-state index contributed by atoms with van der Waals surface area (Å²) in [5, 5.41) is 14.9. The predicted molar refractivity (Wildman–Crippen MR) is 70.8 cm³/mol. The zero-order chi connectivity index (χ0) is 13.0. The van der Waals surface area contributed by atoms with Crippen molar-refractivity contribution in [1.29, 1.82) is 5.26 Å². The van der Waals surface area contributed by atoms with E-state index in [1.165, 1.54) is 0 Å². The molecular formula is C12H12N4OS. The number of hydrogen-bond donors (Lipinski definition) is 1. The van der Waals surface area contributed by atoms with Gasteiger partial charge in [-0.25, -0.2) is 10.4 Å². The van der Waals surface area contributed by atoms with Crippen LogP contribution in [0.25, 0.3) is 0 Å². The van der Waals surface area contributed by atoms with Crippen LogP contribution in [0, 0.1) is 11.3 Å². The lowest BCUT2D eigenvalue weighted by Crippen LogP contribution is -1.90. The highest BCUT2D eigenvalue weighted by Crippen LogP contribution is 2.21. The van der Waals surface area contributed by atoms with Crippen LogP contribution < -0.4 is 5.43 Å². The quantitative estimate of drug-likeness (QED) is 0.676. The highest BCUT2D eigenvalue weighted by Gasteiger charge is 2.14. The van der Waals surface area contributed by atoms with Gasteiger partial charge in [0.15, 0.2) is 0 Å². The Labute approximate surface area is 109 Å². The molecule has 2 aromatic heterocycles. The van der Waals surface area contributed by atoms with Gasteiger partial charge >= 0.3 is 0 Å². The van der Waals surface area contributed by atoms with E-state index in [9.17, 15) is 0 Å². The molecule has 0 saturated carbocycles. The maximum absolute atomic E-state index is 8.93. The lowest BCUT2D eigenvalue weighted by molar-refractivity contribution is 0.481. The van der Waals surface area contributed by atoms with E-state index in [1.54, 1.807) is 17.6 Å². The molecule has 0 aliphatic carbocycles. The van der Waals surface area contributed by atoms with Crippen LogP contribution >= 0.6 is 11.3 Å². The SMILES string of the molecule is CC(C)c1nc(C#N)c(N/N=C/c2cccs2)o1. The number of hydrogen-bond acceptors (Lipinski definition) is 6. The fourth-order valence-electron chi connectivity index (χ4n) is 1.25. The maximum atomic E-state index is 8.93. The van der Waals surface area contributed by atoms with Crippen molar-refractivity contribution in [2.75, 3.05) is 5.43 Å². The predicted octanol–water partition coefficient (Wildman–Crippen LogP) is 3.18. The lowest BCUT2D eigenvalue weighted by atomic mass is 10.2. The Morgan fingerprint density at radius 2 is 2.44 bits per heavy atom. The van der Waals surface area contributed by atoms with Gasteiger partial charge in [0.25, 0.3) is 5.88 Å². The van der Waals surface area contributed by atoms with E-state index < -0.39 is 0 Å². The van der Waals surface area contributed by atoms with Crippen molar-refractivity contribution < 1.29 is 4.42 Å². The van der Waals surface area contributed by atoms with Gasteiger partial charge in [0.1, 0.15) is 6.07 Å². The van der Waals surface area contributed by atoms with E-state index >= 15 is 0 Å². The molecule has 0 spiro atoms. The zero-order valence-electron chi connectivity index (χ0n) is 10.0.